The van der Waals surface area contributed by atoms with Crippen molar-refractivity contribution in [2.45, 2.75) is 11.4 Å². The molecule has 25 heavy (non-hydrogen) atoms. The van der Waals surface area contributed by atoms with Gasteiger partial charge in [0, 0.05) is 0 Å². The standard InChI is InChI=1S/C16H10ClF3N2O2S/c17-10-5-3-4-9(16(18,19)20)14(10)22-13(23)8-25-15-21-11-6-1-2-7-12(11)24-15/h1-7H,8H2,(H,22,23). The Morgan fingerprint density at radius 2 is 1.96 bits per heavy atom. The summed E-state index contributed by atoms with van der Waals surface area (Å²) < 4.78 is 44.5. The van der Waals surface area contributed by atoms with Gasteiger partial charge in [0.2, 0.25) is 5.91 Å². The fourth-order valence-electron chi connectivity index (χ4n) is 2.10. The van der Waals surface area contributed by atoms with Gasteiger partial charge < -0.3 is 9.73 Å². The summed E-state index contributed by atoms with van der Waals surface area (Å²) in [5.41, 5.74) is -0.258. The number of nitrogens with one attached hydrogen (secondary N) is 1. The Bertz CT molecular complexity index is 894. The first-order valence-electron chi connectivity index (χ1n) is 6.98. The minimum absolute atomic E-state index is 0.171. The summed E-state index contributed by atoms with van der Waals surface area (Å²) in [6.07, 6.45) is -4.62. The quantitative estimate of drug-likeness (QED) is 0.624. The van der Waals surface area contributed by atoms with Gasteiger partial charge in [0.15, 0.2) is 5.58 Å². The zero-order valence-electron chi connectivity index (χ0n) is 12.4. The molecule has 0 bridgehead atoms. The lowest BCUT2D eigenvalue weighted by atomic mass is 10.1. The summed E-state index contributed by atoms with van der Waals surface area (Å²) in [7, 11) is 0. The number of para-hydroxylation sites is 3. The molecule has 1 heterocycles. The van der Waals surface area contributed by atoms with Crippen molar-refractivity contribution in [2.75, 3.05) is 11.1 Å². The number of hydrogen-bond acceptors (Lipinski definition) is 4. The molecule has 0 spiro atoms. The molecule has 4 nitrogen and oxygen atoms in total. The number of nitrogens with zero attached hydrogens (tertiary/aromatic N) is 1. The molecule has 0 aliphatic heterocycles. The third-order valence-electron chi connectivity index (χ3n) is 3.18. The van der Waals surface area contributed by atoms with E-state index in [2.05, 4.69) is 10.3 Å². The van der Waals surface area contributed by atoms with Crippen LogP contribution in [0.1, 0.15) is 5.56 Å². The average Bonchev–Trinajstić information content (AvgIpc) is 2.96. The molecule has 1 amide bonds. The number of hydrogen-bond donors (Lipinski definition) is 1. The SMILES string of the molecule is O=C(CSc1nc2ccccc2o1)Nc1c(Cl)cccc1C(F)(F)F. The Labute approximate surface area is 149 Å². The van der Waals surface area contributed by atoms with Crippen molar-refractivity contribution in [3.63, 3.8) is 0 Å². The second-order valence-corrected chi connectivity index (χ2v) is 6.28. The average molecular weight is 387 g/mol. The van der Waals surface area contributed by atoms with E-state index in [4.69, 9.17) is 16.0 Å². The number of rotatable bonds is 4. The van der Waals surface area contributed by atoms with Crippen molar-refractivity contribution >= 4 is 46.1 Å². The van der Waals surface area contributed by atoms with Crippen LogP contribution in [0.15, 0.2) is 52.1 Å². The maximum Gasteiger partial charge on any atom is 0.418 e. The molecular weight excluding hydrogens is 377 g/mol. The van der Waals surface area contributed by atoms with Crippen molar-refractivity contribution in [1.82, 2.24) is 4.98 Å². The Balaban J connectivity index is 1.71. The van der Waals surface area contributed by atoms with Gasteiger partial charge in [-0.1, -0.05) is 41.6 Å². The number of aromatic nitrogens is 1. The summed E-state index contributed by atoms with van der Waals surface area (Å²) in [4.78, 5) is 16.2. The van der Waals surface area contributed by atoms with Crippen LogP contribution in [0, 0.1) is 0 Å². The van der Waals surface area contributed by atoms with Crippen LogP contribution in [0.3, 0.4) is 0 Å². The number of amides is 1. The molecule has 130 valence electrons. The van der Waals surface area contributed by atoms with Crippen molar-refractivity contribution in [1.29, 1.82) is 0 Å². The van der Waals surface area contributed by atoms with E-state index in [1.54, 1.807) is 24.3 Å². The Kier molecular flexibility index (Phi) is 4.91. The molecule has 0 saturated carbocycles. The molecule has 0 aliphatic carbocycles. The number of alkyl halides is 3. The number of oxazole rings is 1. The monoisotopic (exact) mass is 386 g/mol. The minimum atomic E-state index is -4.62. The topological polar surface area (TPSA) is 55.1 Å². The molecule has 0 atom stereocenters. The molecule has 0 radical (unpaired) electrons. The van der Waals surface area contributed by atoms with E-state index in [0.717, 1.165) is 17.8 Å². The minimum Gasteiger partial charge on any atom is -0.431 e. The predicted octanol–water partition coefficient (Wildman–Crippen LogP) is 5.23. The van der Waals surface area contributed by atoms with Gasteiger partial charge in [-0.25, -0.2) is 4.98 Å². The fraction of sp³-hybridized carbons (Fsp3) is 0.125. The molecule has 1 N–H and O–H groups in total. The first-order chi connectivity index (χ1) is 11.8. The van der Waals surface area contributed by atoms with Crippen molar-refractivity contribution in [3.8, 4) is 0 Å². The first-order valence-corrected chi connectivity index (χ1v) is 8.35. The summed E-state index contributed by atoms with van der Waals surface area (Å²) in [6, 6.07) is 10.4. The van der Waals surface area contributed by atoms with Gasteiger partial charge in [-0.05, 0) is 24.3 Å². The zero-order valence-corrected chi connectivity index (χ0v) is 14.0. The number of halogens is 4. The molecule has 0 fully saturated rings. The highest BCUT2D eigenvalue weighted by Crippen LogP contribution is 2.38. The maximum absolute atomic E-state index is 13.0. The van der Waals surface area contributed by atoms with E-state index in [-0.39, 0.29) is 16.0 Å². The van der Waals surface area contributed by atoms with Crippen LogP contribution in [0.2, 0.25) is 5.02 Å². The van der Waals surface area contributed by atoms with Crippen LogP contribution in [0.5, 0.6) is 0 Å². The van der Waals surface area contributed by atoms with Crippen molar-refractivity contribution < 1.29 is 22.4 Å². The van der Waals surface area contributed by atoms with Gasteiger partial charge in [0.05, 0.1) is 22.0 Å². The highest BCUT2D eigenvalue weighted by molar-refractivity contribution is 7.99. The summed E-state index contributed by atoms with van der Waals surface area (Å²) in [5, 5.41) is 2.28. The summed E-state index contributed by atoms with van der Waals surface area (Å²) in [5.74, 6) is -0.819. The van der Waals surface area contributed by atoms with Gasteiger partial charge in [0.1, 0.15) is 5.52 Å². The second-order valence-electron chi connectivity index (χ2n) is 4.94. The predicted molar refractivity (Wildman–Crippen MR) is 89.8 cm³/mol. The third kappa shape index (κ3) is 4.08. The molecule has 0 aliphatic rings. The Morgan fingerprint density at radius 3 is 2.68 bits per heavy atom. The molecule has 3 aromatic rings. The van der Waals surface area contributed by atoms with E-state index in [1.165, 1.54) is 12.1 Å². The van der Waals surface area contributed by atoms with Gasteiger partial charge in [-0.3, -0.25) is 4.79 Å². The number of thioether (sulfide) groups is 1. The Hall–Kier alpha value is -2.19. The number of carbonyl (C=O) groups excluding carboxylic acids is 1. The van der Waals surface area contributed by atoms with Crippen LogP contribution in [0.25, 0.3) is 11.1 Å². The Morgan fingerprint density at radius 1 is 1.20 bits per heavy atom. The highest BCUT2D eigenvalue weighted by Gasteiger charge is 2.34. The van der Waals surface area contributed by atoms with Crippen molar-refractivity contribution in [2.24, 2.45) is 0 Å². The highest BCUT2D eigenvalue weighted by atomic mass is 35.5. The molecule has 0 unspecified atom stereocenters. The molecule has 1 aromatic heterocycles. The van der Waals surface area contributed by atoms with Gasteiger partial charge in [-0.15, -0.1) is 0 Å². The normalized spacial score (nSPS) is 11.7. The molecule has 2 aromatic carbocycles. The maximum atomic E-state index is 13.0. The molecule has 9 heteroatoms. The number of anilines is 1. The van der Waals surface area contributed by atoms with Gasteiger partial charge >= 0.3 is 6.18 Å². The number of carbonyl (C=O) groups is 1. The lowest BCUT2D eigenvalue weighted by molar-refractivity contribution is -0.137. The molecule has 3 rings (SSSR count). The lowest BCUT2D eigenvalue weighted by Crippen LogP contribution is -2.18. The van der Waals surface area contributed by atoms with E-state index in [0.29, 0.717) is 11.1 Å². The number of fused-ring (bicyclic) bond motifs is 1. The van der Waals surface area contributed by atoms with Gasteiger partial charge in [0.25, 0.3) is 5.22 Å². The van der Waals surface area contributed by atoms with E-state index >= 15 is 0 Å². The van der Waals surface area contributed by atoms with Gasteiger partial charge in [-0.2, -0.15) is 13.2 Å². The largest absolute Gasteiger partial charge is 0.431 e. The molecular formula is C16H10ClF3N2O2S. The van der Waals surface area contributed by atoms with Crippen LogP contribution < -0.4 is 5.32 Å². The smallest absolute Gasteiger partial charge is 0.418 e. The lowest BCUT2D eigenvalue weighted by Gasteiger charge is -2.14. The van der Waals surface area contributed by atoms with Crippen LogP contribution in [-0.4, -0.2) is 16.6 Å². The summed E-state index contributed by atoms with van der Waals surface area (Å²) >= 11 is 6.78. The van der Waals surface area contributed by atoms with Crippen LogP contribution in [-0.2, 0) is 11.0 Å². The second kappa shape index (κ2) is 6.97. The zero-order chi connectivity index (χ0) is 18.0. The first kappa shape index (κ1) is 17.6. The molecule has 0 saturated heterocycles. The number of benzene rings is 2. The third-order valence-corrected chi connectivity index (χ3v) is 4.33. The van der Waals surface area contributed by atoms with Crippen LogP contribution >= 0.6 is 23.4 Å². The van der Waals surface area contributed by atoms with Crippen molar-refractivity contribution in [3.05, 3.63) is 53.1 Å². The van der Waals surface area contributed by atoms with E-state index in [9.17, 15) is 18.0 Å². The van der Waals surface area contributed by atoms with E-state index in [1.807, 2.05) is 0 Å². The van der Waals surface area contributed by atoms with E-state index < -0.39 is 23.3 Å². The van der Waals surface area contributed by atoms with Crippen LogP contribution in [0.4, 0.5) is 18.9 Å². The summed E-state index contributed by atoms with van der Waals surface area (Å²) in [6.45, 7) is 0. The fourth-order valence-corrected chi connectivity index (χ4v) is 2.96.